The van der Waals surface area contributed by atoms with Gasteiger partial charge in [-0.1, -0.05) is 75.4 Å². The third-order valence-corrected chi connectivity index (χ3v) is 4.54. The minimum absolute atomic E-state index is 0.193. The second-order valence-electron chi connectivity index (χ2n) is 7.37. The highest BCUT2D eigenvalue weighted by Gasteiger charge is 2.27. The number of benzene rings is 3. The lowest BCUT2D eigenvalue weighted by molar-refractivity contribution is -0.137. The van der Waals surface area contributed by atoms with Crippen LogP contribution in [0.5, 0.6) is 5.75 Å². The van der Waals surface area contributed by atoms with E-state index in [2.05, 4.69) is 0 Å². The minimum atomic E-state index is -0.901. The smallest absolute Gasteiger partial charge is 0.315 e. The Labute approximate surface area is 147 Å². The number of hydrogen-bond acceptors (Lipinski definition) is 2. The molecule has 3 aromatic rings. The zero-order valence-corrected chi connectivity index (χ0v) is 14.7. The molecule has 0 radical (unpaired) electrons. The number of carboxylic acid groups (broad SMARTS) is 1. The molecule has 0 aromatic heterocycles. The standard InChI is InChI=1S/C22H22O3/c1-22(2,3)18-13-15(11-12-19(18)23)20(21(24)25)17-10-6-8-14-7-4-5-9-16(14)17/h4-13,20,23H,1-3H3,(H,24,25). The van der Waals surface area contributed by atoms with Gasteiger partial charge < -0.3 is 10.2 Å². The van der Waals surface area contributed by atoms with Gasteiger partial charge in [-0.15, -0.1) is 0 Å². The van der Waals surface area contributed by atoms with Crippen molar-refractivity contribution in [3.63, 3.8) is 0 Å². The quantitative estimate of drug-likeness (QED) is 0.704. The average Bonchev–Trinajstić information content (AvgIpc) is 2.55. The number of fused-ring (bicyclic) bond motifs is 1. The van der Waals surface area contributed by atoms with E-state index in [1.54, 1.807) is 12.1 Å². The lowest BCUT2D eigenvalue weighted by Gasteiger charge is -2.23. The maximum Gasteiger partial charge on any atom is 0.315 e. The zero-order chi connectivity index (χ0) is 18.2. The van der Waals surface area contributed by atoms with Gasteiger partial charge in [-0.25, -0.2) is 0 Å². The molecule has 0 amide bonds. The molecule has 2 N–H and O–H groups in total. The molecule has 0 saturated heterocycles. The van der Waals surface area contributed by atoms with Crippen LogP contribution < -0.4 is 0 Å². The maximum absolute atomic E-state index is 12.1. The fraction of sp³-hybridized carbons (Fsp3) is 0.227. The van der Waals surface area contributed by atoms with Crippen LogP contribution in [0.3, 0.4) is 0 Å². The average molecular weight is 334 g/mol. The Morgan fingerprint density at radius 2 is 1.64 bits per heavy atom. The SMILES string of the molecule is CC(C)(C)c1cc(C(C(=O)O)c2cccc3ccccc23)ccc1O. The Morgan fingerprint density at radius 3 is 2.32 bits per heavy atom. The van der Waals surface area contributed by atoms with Crippen LogP contribution in [0.1, 0.15) is 43.4 Å². The fourth-order valence-electron chi connectivity index (χ4n) is 3.29. The summed E-state index contributed by atoms with van der Waals surface area (Å²) in [5.74, 6) is -1.49. The van der Waals surface area contributed by atoms with Crippen molar-refractivity contribution in [1.29, 1.82) is 0 Å². The van der Waals surface area contributed by atoms with E-state index in [-0.39, 0.29) is 11.2 Å². The molecule has 3 aromatic carbocycles. The van der Waals surface area contributed by atoms with Crippen molar-refractivity contribution in [2.24, 2.45) is 0 Å². The Kier molecular flexibility index (Phi) is 4.25. The number of carboxylic acids is 1. The van der Waals surface area contributed by atoms with Crippen LogP contribution in [-0.2, 0) is 10.2 Å². The van der Waals surface area contributed by atoms with Crippen molar-refractivity contribution in [3.8, 4) is 5.75 Å². The largest absolute Gasteiger partial charge is 0.508 e. The van der Waals surface area contributed by atoms with Crippen molar-refractivity contribution in [3.05, 3.63) is 77.4 Å². The number of aliphatic carboxylic acids is 1. The molecule has 0 bridgehead atoms. The summed E-state index contributed by atoms with van der Waals surface area (Å²) in [6, 6.07) is 18.6. The molecule has 0 aliphatic heterocycles. The van der Waals surface area contributed by atoms with E-state index < -0.39 is 11.9 Å². The number of hydrogen-bond donors (Lipinski definition) is 2. The van der Waals surface area contributed by atoms with E-state index in [4.69, 9.17) is 0 Å². The van der Waals surface area contributed by atoms with Gasteiger partial charge >= 0.3 is 5.97 Å². The van der Waals surface area contributed by atoms with Crippen LogP contribution >= 0.6 is 0 Å². The molecule has 0 fully saturated rings. The van der Waals surface area contributed by atoms with E-state index in [9.17, 15) is 15.0 Å². The molecule has 25 heavy (non-hydrogen) atoms. The lowest BCUT2D eigenvalue weighted by atomic mass is 9.81. The van der Waals surface area contributed by atoms with Gasteiger partial charge in [0.25, 0.3) is 0 Å². The first-order valence-corrected chi connectivity index (χ1v) is 8.33. The molecular weight excluding hydrogens is 312 g/mol. The lowest BCUT2D eigenvalue weighted by Crippen LogP contribution is -2.16. The highest BCUT2D eigenvalue weighted by atomic mass is 16.4. The summed E-state index contributed by atoms with van der Waals surface area (Å²) in [5.41, 5.74) is 1.90. The van der Waals surface area contributed by atoms with Crippen molar-refractivity contribution >= 4 is 16.7 Å². The predicted octanol–water partition coefficient (Wildman–Crippen LogP) is 5.06. The summed E-state index contributed by atoms with van der Waals surface area (Å²) in [7, 11) is 0. The number of phenols is 1. The van der Waals surface area contributed by atoms with Crippen molar-refractivity contribution in [2.45, 2.75) is 32.1 Å². The van der Waals surface area contributed by atoms with E-state index in [1.165, 1.54) is 0 Å². The van der Waals surface area contributed by atoms with E-state index in [1.807, 2.05) is 69.3 Å². The molecule has 0 aliphatic carbocycles. The molecule has 1 unspecified atom stereocenters. The van der Waals surface area contributed by atoms with Crippen molar-refractivity contribution in [1.82, 2.24) is 0 Å². The summed E-state index contributed by atoms with van der Waals surface area (Å²) in [5, 5.41) is 22.1. The molecule has 1 atom stereocenters. The van der Waals surface area contributed by atoms with E-state index in [0.717, 1.165) is 21.9 Å². The van der Waals surface area contributed by atoms with Crippen LogP contribution in [0, 0.1) is 0 Å². The van der Waals surface area contributed by atoms with Gasteiger partial charge in [0.2, 0.25) is 0 Å². The van der Waals surface area contributed by atoms with Gasteiger partial charge in [0.1, 0.15) is 11.7 Å². The second kappa shape index (κ2) is 6.25. The summed E-state index contributed by atoms with van der Waals surface area (Å²) < 4.78 is 0. The summed E-state index contributed by atoms with van der Waals surface area (Å²) in [4.78, 5) is 12.1. The molecule has 3 heteroatoms. The monoisotopic (exact) mass is 334 g/mol. The topological polar surface area (TPSA) is 57.5 Å². The van der Waals surface area contributed by atoms with Gasteiger partial charge in [0.05, 0.1) is 0 Å². The van der Waals surface area contributed by atoms with Crippen LogP contribution in [-0.4, -0.2) is 16.2 Å². The summed E-state index contributed by atoms with van der Waals surface area (Å²) in [6.07, 6.45) is 0. The molecule has 3 rings (SSSR count). The summed E-state index contributed by atoms with van der Waals surface area (Å²) >= 11 is 0. The Hall–Kier alpha value is -2.81. The second-order valence-corrected chi connectivity index (χ2v) is 7.37. The fourth-order valence-corrected chi connectivity index (χ4v) is 3.29. The zero-order valence-electron chi connectivity index (χ0n) is 14.7. The number of rotatable bonds is 3. The summed E-state index contributed by atoms with van der Waals surface area (Å²) in [6.45, 7) is 6.00. The van der Waals surface area contributed by atoms with Gasteiger partial charge in [-0.05, 0) is 38.9 Å². The number of carbonyl (C=O) groups is 1. The van der Waals surface area contributed by atoms with Gasteiger partial charge in [0.15, 0.2) is 0 Å². The third-order valence-electron chi connectivity index (χ3n) is 4.54. The van der Waals surface area contributed by atoms with E-state index >= 15 is 0 Å². The Morgan fingerprint density at radius 1 is 0.960 bits per heavy atom. The molecule has 0 spiro atoms. The number of phenolic OH excluding ortho intramolecular Hbond substituents is 1. The molecule has 3 nitrogen and oxygen atoms in total. The van der Waals surface area contributed by atoms with Gasteiger partial charge in [-0.2, -0.15) is 0 Å². The van der Waals surface area contributed by atoms with Crippen LogP contribution in [0.25, 0.3) is 10.8 Å². The third kappa shape index (κ3) is 3.22. The van der Waals surface area contributed by atoms with Gasteiger partial charge in [0, 0.05) is 0 Å². The van der Waals surface area contributed by atoms with Crippen LogP contribution in [0.15, 0.2) is 60.7 Å². The number of aromatic hydroxyl groups is 1. The molecular formula is C22H22O3. The van der Waals surface area contributed by atoms with Crippen LogP contribution in [0.4, 0.5) is 0 Å². The Bertz CT molecular complexity index is 930. The molecule has 0 heterocycles. The highest BCUT2D eigenvalue weighted by Crippen LogP contribution is 2.36. The first kappa shape index (κ1) is 17.0. The van der Waals surface area contributed by atoms with E-state index in [0.29, 0.717) is 5.56 Å². The highest BCUT2D eigenvalue weighted by molar-refractivity contribution is 5.92. The molecule has 0 aliphatic rings. The predicted molar refractivity (Wildman–Crippen MR) is 100 cm³/mol. The maximum atomic E-state index is 12.1. The normalized spacial score (nSPS) is 12.9. The van der Waals surface area contributed by atoms with Gasteiger partial charge in [-0.3, -0.25) is 4.79 Å². The van der Waals surface area contributed by atoms with Crippen LogP contribution in [0.2, 0.25) is 0 Å². The molecule has 128 valence electrons. The van der Waals surface area contributed by atoms with Crippen molar-refractivity contribution in [2.75, 3.05) is 0 Å². The minimum Gasteiger partial charge on any atom is -0.508 e. The first-order valence-electron chi connectivity index (χ1n) is 8.33. The molecule has 0 saturated carbocycles. The van der Waals surface area contributed by atoms with Crippen molar-refractivity contribution < 1.29 is 15.0 Å². The Balaban J connectivity index is 2.22. The first-order chi connectivity index (χ1) is 11.8.